The number of hydrogen-bond donors (Lipinski definition) is 0. The minimum Gasteiger partial charge on any atom is -0.444 e. The maximum absolute atomic E-state index is 12.2. The van der Waals surface area contributed by atoms with Gasteiger partial charge in [-0.3, -0.25) is 0 Å². The molecule has 0 aliphatic carbocycles. The average molecular weight is 306 g/mol. The fourth-order valence-electron chi connectivity index (χ4n) is 3.90. The number of likely N-dealkylation sites (tertiary alicyclic amines) is 1. The van der Waals surface area contributed by atoms with Crippen molar-refractivity contribution < 1.29 is 9.53 Å². The van der Waals surface area contributed by atoms with Crippen molar-refractivity contribution in [1.82, 2.24) is 19.7 Å². The topological polar surface area (TPSA) is 60.2 Å². The monoisotopic (exact) mass is 306 g/mol. The quantitative estimate of drug-likeness (QED) is 0.739. The van der Waals surface area contributed by atoms with Crippen LogP contribution in [0.1, 0.15) is 64.5 Å². The van der Waals surface area contributed by atoms with Crippen LogP contribution in [-0.2, 0) is 10.3 Å². The van der Waals surface area contributed by atoms with Gasteiger partial charge >= 0.3 is 6.09 Å². The van der Waals surface area contributed by atoms with Crippen molar-refractivity contribution in [2.75, 3.05) is 13.1 Å². The van der Waals surface area contributed by atoms with E-state index in [0.29, 0.717) is 5.92 Å². The first-order chi connectivity index (χ1) is 10.2. The van der Waals surface area contributed by atoms with E-state index in [4.69, 9.17) is 4.74 Å². The van der Waals surface area contributed by atoms with Crippen LogP contribution in [-0.4, -0.2) is 44.4 Å². The van der Waals surface area contributed by atoms with Crippen LogP contribution in [0.3, 0.4) is 0 Å². The number of nitrogens with zero attached hydrogens (tertiary/aromatic N) is 4. The number of hydrogen-bond acceptors (Lipinski definition) is 4. The van der Waals surface area contributed by atoms with E-state index in [9.17, 15) is 4.79 Å². The van der Waals surface area contributed by atoms with Crippen molar-refractivity contribution in [3.05, 3.63) is 11.6 Å². The Morgan fingerprint density at radius 1 is 1.27 bits per heavy atom. The summed E-state index contributed by atoms with van der Waals surface area (Å²) in [5, 5.41) is 8.59. The number of aryl methyl sites for hydroxylation is 1. The number of rotatable bonds is 0. The maximum atomic E-state index is 12.2. The number of carbonyl (C=O) groups is 1. The Labute approximate surface area is 131 Å². The van der Waals surface area contributed by atoms with Gasteiger partial charge in [-0.2, -0.15) is 0 Å². The van der Waals surface area contributed by atoms with E-state index in [1.807, 2.05) is 32.6 Å². The van der Waals surface area contributed by atoms with Crippen LogP contribution in [0.2, 0.25) is 0 Å². The number of piperidine rings is 1. The summed E-state index contributed by atoms with van der Waals surface area (Å²) >= 11 is 0. The lowest BCUT2D eigenvalue weighted by molar-refractivity contribution is 0.0117. The van der Waals surface area contributed by atoms with Crippen LogP contribution >= 0.6 is 0 Å². The number of ether oxygens (including phenoxy) is 1. The molecule has 3 heterocycles. The molecule has 122 valence electrons. The molecule has 6 nitrogen and oxygen atoms in total. The highest BCUT2D eigenvalue weighted by Gasteiger charge is 2.46. The van der Waals surface area contributed by atoms with Gasteiger partial charge in [-0.25, -0.2) is 4.79 Å². The Bertz CT molecular complexity index is 579. The van der Waals surface area contributed by atoms with Crippen molar-refractivity contribution >= 4 is 6.09 Å². The van der Waals surface area contributed by atoms with Crippen LogP contribution in [0.15, 0.2) is 0 Å². The summed E-state index contributed by atoms with van der Waals surface area (Å²) in [6, 6.07) is 0. The zero-order valence-corrected chi connectivity index (χ0v) is 14.2. The number of fused-ring (bicyclic) bond motifs is 2. The van der Waals surface area contributed by atoms with Crippen LogP contribution < -0.4 is 0 Å². The summed E-state index contributed by atoms with van der Waals surface area (Å²) in [6.07, 6.45) is 2.79. The van der Waals surface area contributed by atoms with Crippen molar-refractivity contribution in [2.24, 2.45) is 0 Å². The van der Waals surface area contributed by atoms with Gasteiger partial charge in [-0.15, -0.1) is 10.2 Å². The summed E-state index contributed by atoms with van der Waals surface area (Å²) in [6.45, 7) is 11.4. The molecule has 1 spiro atoms. The highest BCUT2D eigenvalue weighted by atomic mass is 16.6. The third kappa shape index (κ3) is 2.48. The standard InChI is InChI=1S/C16H26N4O2/c1-11-10-16(20-12(2)17-18-13(11)20)6-8-19(9-7-16)14(21)22-15(3,4)5/h11H,6-10H2,1-5H3. The molecule has 1 aromatic rings. The second-order valence-corrected chi connectivity index (χ2v) is 7.74. The van der Waals surface area contributed by atoms with Crippen LogP contribution in [0.5, 0.6) is 0 Å². The van der Waals surface area contributed by atoms with Gasteiger partial charge in [0.15, 0.2) is 0 Å². The molecule has 1 atom stereocenters. The minimum atomic E-state index is -0.438. The third-order valence-electron chi connectivity index (χ3n) is 4.80. The van der Waals surface area contributed by atoms with E-state index < -0.39 is 5.60 Å². The van der Waals surface area contributed by atoms with Gasteiger partial charge in [-0.1, -0.05) is 6.92 Å². The van der Waals surface area contributed by atoms with Crippen LogP contribution in [0.4, 0.5) is 4.79 Å². The molecule has 0 aromatic carbocycles. The van der Waals surface area contributed by atoms with Gasteiger partial charge in [0, 0.05) is 19.0 Å². The predicted molar refractivity (Wildman–Crippen MR) is 82.8 cm³/mol. The summed E-state index contributed by atoms with van der Waals surface area (Å²) in [7, 11) is 0. The van der Waals surface area contributed by atoms with Gasteiger partial charge in [0.2, 0.25) is 0 Å². The molecule has 2 aliphatic heterocycles. The molecule has 0 bridgehead atoms. The largest absolute Gasteiger partial charge is 0.444 e. The fraction of sp³-hybridized carbons (Fsp3) is 0.812. The molecule has 0 N–H and O–H groups in total. The lowest BCUT2D eigenvalue weighted by Crippen LogP contribution is -2.48. The van der Waals surface area contributed by atoms with Crippen molar-refractivity contribution in [3.8, 4) is 0 Å². The van der Waals surface area contributed by atoms with Gasteiger partial charge in [0.1, 0.15) is 17.2 Å². The predicted octanol–water partition coefficient (Wildman–Crippen LogP) is 2.82. The Balaban J connectivity index is 1.73. The average Bonchev–Trinajstić information content (AvgIpc) is 2.91. The Hall–Kier alpha value is -1.59. The molecule has 0 saturated carbocycles. The Morgan fingerprint density at radius 3 is 2.50 bits per heavy atom. The molecule has 6 heteroatoms. The zero-order valence-electron chi connectivity index (χ0n) is 14.2. The molecule has 2 aliphatic rings. The number of carbonyl (C=O) groups excluding carboxylic acids is 1. The van der Waals surface area contributed by atoms with Gasteiger partial charge in [-0.05, 0) is 47.0 Å². The smallest absolute Gasteiger partial charge is 0.410 e. The Kier molecular flexibility index (Phi) is 3.45. The summed E-state index contributed by atoms with van der Waals surface area (Å²) in [5.41, 5.74) is -0.354. The second-order valence-electron chi connectivity index (χ2n) is 7.74. The van der Waals surface area contributed by atoms with E-state index in [2.05, 4.69) is 21.7 Å². The molecule has 1 amide bonds. The second kappa shape index (κ2) is 4.96. The van der Waals surface area contributed by atoms with Crippen molar-refractivity contribution in [2.45, 2.75) is 70.9 Å². The highest BCUT2D eigenvalue weighted by molar-refractivity contribution is 5.68. The first kappa shape index (κ1) is 15.3. The molecule has 3 rings (SSSR count). The van der Waals surface area contributed by atoms with E-state index in [1.54, 1.807) is 0 Å². The molecule has 1 aromatic heterocycles. The first-order valence-corrected chi connectivity index (χ1v) is 8.12. The van der Waals surface area contributed by atoms with E-state index >= 15 is 0 Å². The molecule has 1 fully saturated rings. The Morgan fingerprint density at radius 2 is 1.91 bits per heavy atom. The first-order valence-electron chi connectivity index (χ1n) is 8.12. The summed E-state index contributed by atoms with van der Waals surface area (Å²) in [5.74, 6) is 2.53. The number of aromatic nitrogens is 3. The van der Waals surface area contributed by atoms with E-state index in [1.165, 1.54) is 0 Å². The van der Waals surface area contributed by atoms with E-state index in [-0.39, 0.29) is 11.6 Å². The molecular weight excluding hydrogens is 280 g/mol. The van der Waals surface area contributed by atoms with Gasteiger partial charge in [0.25, 0.3) is 0 Å². The molecule has 1 unspecified atom stereocenters. The SMILES string of the molecule is Cc1nnc2n1C1(CCN(C(=O)OC(C)(C)C)CC1)CC2C. The lowest BCUT2D eigenvalue weighted by Gasteiger charge is -2.41. The maximum Gasteiger partial charge on any atom is 0.410 e. The van der Waals surface area contributed by atoms with Crippen molar-refractivity contribution in [3.63, 3.8) is 0 Å². The molecule has 0 radical (unpaired) electrons. The summed E-state index contributed by atoms with van der Waals surface area (Å²) < 4.78 is 7.81. The van der Waals surface area contributed by atoms with Gasteiger partial charge < -0.3 is 14.2 Å². The molecule has 1 saturated heterocycles. The van der Waals surface area contributed by atoms with Gasteiger partial charge in [0.05, 0.1) is 5.54 Å². The van der Waals surface area contributed by atoms with Crippen LogP contribution in [0.25, 0.3) is 0 Å². The normalized spacial score (nSPS) is 23.7. The lowest BCUT2D eigenvalue weighted by atomic mass is 9.83. The highest BCUT2D eigenvalue weighted by Crippen LogP contribution is 2.46. The minimum absolute atomic E-state index is 0.0842. The fourth-order valence-corrected chi connectivity index (χ4v) is 3.90. The van der Waals surface area contributed by atoms with Crippen LogP contribution in [0, 0.1) is 6.92 Å². The molecule has 22 heavy (non-hydrogen) atoms. The third-order valence-corrected chi connectivity index (χ3v) is 4.80. The molecular formula is C16H26N4O2. The van der Waals surface area contributed by atoms with Crippen molar-refractivity contribution in [1.29, 1.82) is 0 Å². The van der Waals surface area contributed by atoms with E-state index in [0.717, 1.165) is 44.0 Å². The summed E-state index contributed by atoms with van der Waals surface area (Å²) in [4.78, 5) is 14.0. The number of amides is 1. The zero-order chi connectivity index (χ0) is 16.1.